The Morgan fingerprint density at radius 1 is 1.47 bits per heavy atom. The highest BCUT2D eigenvalue weighted by molar-refractivity contribution is 9.10. The van der Waals surface area contributed by atoms with Crippen LogP contribution in [-0.4, -0.2) is 15.2 Å². The largest absolute Gasteiger partial charge is 0.297 e. The van der Waals surface area contributed by atoms with E-state index >= 15 is 0 Å². The molecular formula is C13H8BrClN2OS. The number of thiazole rings is 1. The van der Waals surface area contributed by atoms with Crippen molar-refractivity contribution in [3.05, 3.63) is 56.7 Å². The van der Waals surface area contributed by atoms with Crippen molar-refractivity contribution in [1.29, 1.82) is 0 Å². The van der Waals surface area contributed by atoms with Crippen molar-refractivity contribution >= 4 is 49.6 Å². The van der Waals surface area contributed by atoms with Crippen LogP contribution in [0.4, 0.5) is 0 Å². The summed E-state index contributed by atoms with van der Waals surface area (Å²) in [6, 6.07) is 5.21. The molecule has 3 rings (SSSR count). The topological polar surface area (TPSA) is 34.4 Å². The Bertz CT molecular complexity index is 736. The summed E-state index contributed by atoms with van der Waals surface area (Å²) in [5.41, 5.74) is 1.38. The van der Waals surface area contributed by atoms with E-state index in [1.54, 1.807) is 29.5 Å². The number of hydrogen-bond acceptors (Lipinski definition) is 3. The molecule has 2 heterocycles. The number of rotatable bonds is 3. The first-order chi connectivity index (χ1) is 9.13. The number of ketones is 1. The van der Waals surface area contributed by atoms with E-state index in [1.165, 1.54) is 0 Å². The molecule has 96 valence electrons. The second-order valence-corrected chi connectivity index (χ2v) is 6.19. The van der Waals surface area contributed by atoms with E-state index in [-0.39, 0.29) is 12.2 Å². The van der Waals surface area contributed by atoms with Crippen molar-refractivity contribution < 1.29 is 4.79 Å². The van der Waals surface area contributed by atoms with Crippen LogP contribution in [0.5, 0.6) is 0 Å². The fraction of sp³-hybridized carbons (Fsp3) is 0.0769. The van der Waals surface area contributed by atoms with Gasteiger partial charge in [-0.05, 0) is 28.1 Å². The molecule has 19 heavy (non-hydrogen) atoms. The van der Waals surface area contributed by atoms with E-state index in [4.69, 9.17) is 11.6 Å². The Hall–Kier alpha value is -1.17. The predicted octanol–water partition coefficient (Wildman–Crippen LogP) is 4.24. The van der Waals surface area contributed by atoms with Crippen LogP contribution in [0, 0.1) is 0 Å². The second-order valence-electron chi connectivity index (χ2n) is 4.05. The van der Waals surface area contributed by atoms with Crippen LogP contribution in [0.3, 0.4) is 0 Å². The number of Topliss-reactive ketones (excluding diaryl/α,β-unsaturated/α-hetero) is 1. The molecule has 0 N–H and O–H groups in total. The van der Waals surface area contributed by atoms with Gasteiger partial charge in [-0.1, -0.05) is 17.7 Å². The number of carbonyl (C=O) groups is 1. The minimum atomic E-state index is 0.0140. The molecule has 0 saturated carbocycles. The molecule has 0 bridgehead atoms. The average molecular weight is 356 g/mol. The van der Waals surface area contributed by atoms with Crippen LogP contribution in [0.1, 0.15) is 16.1 Å². The number of benzene rings is 1. The van der Waals surface area contributed by atoms with Gasteiger partial charge in [0.2, 0.25) is 0 Å². The van der Waals surface area contributed by atoms with Crippen molar-refractivity contribution in [3.63, 3.8) is 0 Å². The van der Waals surface area contributed by atoms with Crippen LogP contribution < -0.4 is 0 Å². The number of imidazole rings is 1. The number of aromatic nitrogens is 2. The van der Waals surface area contributed by atoms with E-state index in [2.05, 4.69) is 20.9 Å². The summed E-state index contributed by atoms with van der Waals surface area (Å²) >= 11 is 10.8. The third kappa shape index (κ3) is 2.59. The van der Waals surface area contributed by atoms with Crippen LogP contribution in [0.25, 0.3) is 4.96 Å². The molecule has 0 radical (unpaired) electrons. The summed E-state index contributed by atoms with van der Waals surface area (Å²) in [6.45, 7) is 0. The summed E-state index contributed by atoms with van der Waals surface area (Å²) in [6.07, 6.45) is 4.09. The molecule has 0 aliphatic carbocycles. The first-order valence-electron chi connectivity index (χ1n) is 5.53. The lowest BCUT2D eigenvalue weighted by atomic mass is 10.1. The Balaban J connectivity index is 1.84. The van der Waals surface area contributed by atoms with Gasteiger partial charge in [0.05, 0.1) is 17.1 Å². The SMILES string of the molecule is O=C(Cc1cn2ccsc2n1)c1ccc(Br)c(Cl)c1. The molecule has 0 aliphatic heterocycles. The van der Waals surface area contributed by atoms with Gasteiger partial charge in [-0.25, -0.2) is 4.98 Å². The van der Waals surface area contributed by atoms with E-state index in [0.717, 1.165) is 15.1 Å². The maximum atomic E-state index is 12.2. The smallest absolute Gasteiger partial charge is 0.193 e. The fourth-order valence-electron chi connectivity index (χ4n) is 1.80. The predicted molar refractivity (Wildman–Crippen MR) is 80.3 cm³/mol. The molecule has 0 atom stereocenters. The number of fused-ring (bicyclic) bond motifs is 1. The Morgan fingerprint density at radius 3 is 3.05 bits per heavy atom. The van der Waals surface area contributed by atoms with Crippen molar-refractivity contribution in [2.45, 2.75) is 6.42 Å². The summed E-state index contributed by atoms with van der Waals surface area (Å²) < 4.78 is 2.70. The summed E-state index contributed by atoms with van der Waals surface area (Å²) in [7, 11) is 0. The summed E-state index contributed by atoms with van der Waals surface area (Å²) in [5, 5.41) is 2.50. The minimum absolute atomic E-state index is 0.0140. The van der Waals surface area contributed by atoms with Crippen molar-refractivity contribution in [1.82, 2.24) is 9.38 Å². The highest BCUT2D eigenvalue weighted by Crippen LogP contribution is 2.24. The molecule has 0 fully saturated rings. The Morgan fingerprint density at radius 2 is 2.32 bits per heavy atom. The van der Waals surface area contributed by atoms with Gasteiger partial charge < -0.3 is 0 Å². The molecular weight excluding hydrogens is 348 g/mol. The highest BCUT2D eigenvalue weighted by Gasteiger charge is 2.11. The molecule has 0 saturated heterocycles. The first kappa shape index (κ1) is 12.8. The zero-order chi connectivity index (χ0) is 13.4. The number of nitrogens with zero attached hydrogens (tertiary/aromatic N) is 2. The maximum absolute atomic E-state index is 12.2. The van der Waals surface area contributed by atoms with Gasteiger partial charge in [0.15, 0.2) is 10.7 Å². The van der Waals surface area contributed by atoms with Crippen LogP contribution in [-0.2, 0) is 6.42 Å². The number of halogens is 2. The molecule has 3 aromatic rings. The van der Waals surface area contributed by atoms with E-state index < -0.39 is 0 Å². The molecule has 3 nitrogen and oxygen atoms in total. The van der Waals surface area contributed by atoms with Gasteiger partial charge in [-0.15, -0.1) is 11.3 Å². The zero-order valence-corrected chi connectivity index (χ0v) is 12.8. The lowest BCUT2D eigenvalue weighted by Crippen LogP contribution is -2.03. The van der Waals surface area contributed by atoms with Gasteiger partial charge in [-0.2, -0.15) is 0 Å². The zero-order valence-electron chi connectivity index (χ0n) is 9.64. The average Bonchev–Trinajstić information content (AvgIpc) is 2.93. The monoisotopic (exact) mass is 354 g/mol. The number of hydrogen-bond donors (Lipinski definition) is 0. The normalized spacial score (nSPS) is 11.1. The van der Waals surface area contributed by atoms with E-state index in [9.17, 15) is 4.79 Å². The van der Waals surface area contributed by atoms with E-state index in [0.29, 0.717) is 10.6 Å². The summed E-state index contributed by atoms with van der Waals surface area (Å²) in [4.78, 5) is 17.5. The van der Waals surface area contributed by atoms with Crippen LogP contribution >= 0.6 is 38.9 Å². The lowest BCUT2D eigenvalue weighted by molar-refractivity contribution is 0.0992. The molecule has 0 amide bonds. The third-order valence-corrected chi connectivity index (χ3v) is 4.73. The van der Waals surface area contributed by atoms with Crippen LogP contribution in [0.15, 0.2) is 40.4 Å². The summed E-state index contributed by atoms with van der Waals surface area (Å²) in [5.74, 6) is 0.0140. The fourth-order valence-corrected chi connectivity index (χ4v) is 2.94. The highest BCUT2D eigenvalue weighted by atomic mass is 79.9. The molecule has 2 aromatic heterocycles. The van der Waals surface area contributed by atoms with Crippen molar-refractivity contribution in [2.24, 2.45) is 0 Å². The third-order valence-electron chi connectivity index (χ3n) is 2.73. The standard InChI is InChI=1S/C13H8BrClN2OS/c14-10-2-1-8(5-11(10)15)12(18)6-9-7-17-3-4-19-13(17)16-9/h1-5,7H,6H2. The quantitative estimate of drug-likeness (QED) is 0.659. The number of carbonyl (C=O) groups excluding carboxylic acids is 1. The van der Waals surface area contributed by atoms with Gasteiger partial charge in [-0.3, -0.25) is 9.20 Å². The minimum Gasteiger partial charge on any atom is -0.297 e. The van der Waals surface area contributed by atoms with Gasteiger partial charge in [0.25, 0.3) is 0 Å². The molecule has 0 aliphatic rings. The molecule has 0 spiro atoms. The lowest BCUT2D eigenvalue weighted by Gasteiger charge is -2.01. The molecule has 6 heteroatoms. The molecule has 0 unspecified atom stereocenters. The van der Waals surface area contributed by atoms with Crippen molar-refractivity contribution in [2.75, 3.05) is 0 Å². The van der Waals surface area contributed by atoms with Gasteiger partial charge in [0.1, 0.15) is 0 Å². The van der Waals surface area contributed by atoms with Crippen molar-refractivity contribution in [3.8, 4) is 0 Å². The first-order valence-corrected chi connectivity index (χ1v) is 7.58. The molecule has 1 aromatic carbocycles. The van der Waals surface area contributed by atoms with Crippen LogP contribution in [0.2, 0.25) is 5.02 Å². The maximum Gasteiger partial charge on any atom is 0.193 e. The Kier molecular flexibility index (Phi) is 3.43. The Labute approximate surface area is 127 Å². The van der Waals surface area contributed by atoms with E-state index in [1.807, 2.05) is 22.2 Å². The van der Waals surface area contributed by atoms with Gasteiger partial charge >= 0.3 is 0 Å². The second kappa shape index (κ2) is 5.07. The van der Waals surface area contributed by atoms with Gasteiger partial charge in [0, 0.05) is 27.8 Å².